The van der Waals surface area contributed by atoms with E-state index in [0.717, 1.165) is 0 Å². The van der Waals surface area contributed by atoms with Crippen molar-refractivity contribution in [3.8, 4) is 0 Å². The Balaban J connectivity index is -0.0000000560. The predicted octanol–water partition coefficient (Wildman–Crippen LogP) is -0.436. The van der Waals surface area contributed by atoms with Crippen LogP contribution in [0, 0.1) is 91.9 Å². The topological polar surface area (TPSA) is 425 Å². The fourth-order valence-corrected chi connectivity index (χ4v) is 0.684. The van der Waals surface area contributed by atoms with Gasteiger partial charge in [0.25, 0.3) is 0 Å². The van der Waals surface area contributed by atoms with Gasteiger partial charge in [-0.15, -0.1) is 0 Å². The Morgan fingerprint density at radius 1 is 0.324 bits per heavy atom. The van der Waals surface area contributed by atoms with Crippen LogP contribution in [0.5, 0.6) is 0 Å². The van der Waals surface area contributed by atoms with Crippen molar-refractivity contribution in [2.45, 2.75) is 0 Å². The summed E-state index contributed by atoms with van der Waals surface area (Å²) in [5.74, 6) is 0. The maximum Gasteiger partial charge on any atom is 4.00 e. The molecular formula is C10H12N8O18Pt. The number of hydrogen-bond acceptors (Lipinski definition) is 18. The molecule has 2 aromatic heterocycles. The zero-order valence-corrected chi connectivity index (χ0v) is 19.4. The summed E-state index contributed by atoms with van der Waals surface area (Å²) in [5, 5.41) is 88.5. The van der Waals surface area contributed by atoms with Gasteiger partial charge in [0, 0.05) is 24.3 Å². The van der Waals surface area contributed by atoms with Crippen LogP contribution in [0.15, 0.2) is 61.2 Å². The average molecular weight is 727 g/mol. The molecular weight excluding hydrogens is 715 g/mol. The van der Waals surface area contributed by atoms with E-state index < -0.39 is 30.5 Å². The van der Waals surface area contributed by atoms with E-state index in [1.165, 1.54) is 0 Å². The number of pyridine rings is 2. The van der Waals surface area contributed by atoms with E-state index in [4.69, 9.17) is 91.9 Å². The molecule has 0 aromatic carbocycles. The standard InChI is InChI=1S/2C5H5N.6NO3.Pt/c2*1-2-4-6-5-3-1;6*2-1(3)4;/h2*1-5H;;;;;;;/q;;6*-1;+4/p+2. The minimum atomic E-state index is -1.75. The summed E-state index contributed by atoms with van der Waals surface area (Å²) in [4.78, 5) is 55.3. The van der Waals surface area contributed by atoms with E-state index in [2.05, 4.69) is 9.97 Å². The summed E-state index contributed by atoms with van der Waals surface area (Å²) in [6, 6.07) is 11.7. The first-order valence-electron chi connectivity index (χ1n) is 7.11. The van der Waals surface area contributed by atoms with E-state index in [1.54, 1.807) is 0 Å². The van der Waals surface area contributed by atoms with Crippen molar-refractivity contribution < 1.29 is 61.6 Å². The number of nitrogens with one attached hydrogen (secondary N) is 2. The second kappa shape index (κ2) is 44.0. The van der Waals surface area contributed by atoms with Crippen LogP contribution in [0.1, 0.15) is 0 Å². The molecule has 0 aliphatic carbocycles. The first-order chi connectivity index (χ1) is 16.4. The van der Waals surface area contributed by atoms with Crippen molar-refractivity contribution >= 4 is 0 Å². The van der Waals surface area contributed by atoms with E-state index in [1.807, 2.05) is 61.2 Å². The van der Waals surface area contributed by atoms with Crippen molar-refractivity contribution in [1.82, 2.24) is 0 Å². The summed E-state index contributed by atoms with van der Waals surface area (Å²) >= 11 is 0. The second-order valence-electron chi connectivity index (χ2n) is 3.50. The molecule has 2 aromatic rings. The largest absolute Gasteiger partial charge is 4.00 e. The zero-order valence-electron chi connectivity index (χ0n) is 17.1. The molecule has 0 amide bonds. The Kier molecular flexibility index (Phi) is 57.7. The fraction of sp³-hybridized carbons (Fsp3) is 0. The molecule has 0 atom stereocenters. The van der Waals surface area contributed by atoms with Crippen LogP contribution in [0.3, 0.4) is 0 Å². The zero-order chi connectivity index (χ0) is 29.9. The fourth-order valence-electron chi connectivity index (χ4n) is 0.684. The maximum absolute atomic E-state index is 8.25. The predicted molar refractivity (Wildman–Crippen MR) is 108 cm³/mol. The van der Waals surface area contributed by atoms with Crippen molar-refractivity contribution in [2.75, 3.05) is 0 Å². The molecule has 26 nitrogen and oxygen atoms in total. The Bertz CT molecular complexity index is 602. The van der Waals surface area contributed by atoms with Crippen LogP contribution in [0.4, 0.5) is 0 Å². The molecule has 2 N–H and O–H groups in total. The molecule has 0 saturated heterocycles. The van der Waals surface area contributed by atoms with Crippen molar-refractivity contribution in [1.29, 1.82) is 0 Å². The third-order valence-corrected chi connectivity index (χ3v) is 1.21. The number of hydrogen-bond donors (Lipinski definition) is 0. The van der Waals surface area contributed by atoms with Crippen LogP contribution in [0.25, 0.3) is 0 Å². The monoisotopic (exact) mass is 727 g/mol. The molecule has 0 bridgehead atoms. The van der Waals surface area contributed by atoms with Gasteiger partial charge in [0.1, 0.15) is 0 Å². The molecule has 0 unspecified atom stereocenters. The summed E-state index contributed by atoms with van der Waals surface area (Å²) < 4.78 is 0. The number of aromatic nitrogens is 2. The number of rotatable bonds is 0. The molecule has 2 heterocycles. The smallest absolute Gasteiger partial charge is 0.356 e. The molecule has 2 rings (SSSR count). The van der Waals surface area contributed by atoms with E-state index in [0.29, 0.717) is 0 Å². The number of H-pyrrole nitrogens is 2. The molecule has 210 valence electrons. The van der Waals surface area contributed by atoms with Crippen LogP contribution < -0.4 is 9.97 Å². The van der Waals surface area contributed by atoms with Crippen LogP contribution in [-0.2, 0) is 21.1 Å². The first kappa shape index (κ1) is 48.6. The minimum Gasteiger partial charge on any atom is -0.356 e. The number of aromatic amines is 2. The molecule has 0 radical (unpaired) electrons. The summed E-state index contributed by atoms with van der Waals surface area (Å²) in [7, 11) is 0. The van der Waals surface area contributed by atoms with E-state index in [-0.39, 0.29) is 21.1 Å². The average Bonchev–Trinajstić information content (AvgIpc) is 2.69. The molecule has 37 heavy (non-hydrogen) atoms. The quantitative estimate of drug-likeness (QED) is 0.245. The Labute approximate surface area is 215 Å². The van der Waals surface area contributed by atoms with Gasteiger partial charge < -0.3 is 91.9 Å². The van der Waals surface area contributed by atoms with Crippen molar-refractivity contribution in [2.24, 2.45) is 0 Å². The molecule has 0 saturated carbocycles. The normalized spacial score (nSPS) is 6.49. The summed E-state index contributed by atoms with van der Waals surface area (Å²) in [6.45, 7) is 0. The van der Waals surface area contributed by atoms with Crippen molar-refractivity contribution in [3.63, 3.8) is 0 Å². The van der Waals surface area contributed by atoms with Gasteiger partial charge >= 0.3 is 21.1 Å². The minimum absolute atomic E-state index is 0. The van der Waals surface area contributed by atoms with Gasteiger partial charge in [0.2, 0.25) is 0 Å². The Morgan fingerprint density at radius 3 is 0.459 bits per heavy atom. The van der Waals surface area contributed by atoms with Gasteiger partial charge in [-0.3, -0.25) is 0 Å². The third kappa shape index (κ3) is 626. The van der Waals surface area contributed by atoms with Gasteiger partial charge in [0.15, 0.2) is 24.8 Å². The molecule has 0 aliphatic heterocycles. The summed E-state index contributed by atoms with van der Waals surface area (Å²) in [5.41, 5.74) is 0. The maximum atomic E-state index is 8.25. The van der Waals surface area contributed by atoms with Gasteiger partial charge in [-0.05, 0) is 0 Å². The van der Waals surface area contributed by atoms with E-state index >= 15 is 0 Å². The van der Waals surface area contributed by atoms with Crippen LogP contribution in [-0.4, -0.2) is 30.5 Å². The summed E-state index contributed by atoms with van der Waals surface area (Å²) in [6.07, 6.45) is 7.50. The van der Waals surface area contributed by atoms with Crippen LogP contribution in [0.2, 0.25) is 0 Å². The van der Waals surface area contributed by atoms with Gasteiger partial charge in [-0.1, -0.05) is 12.1 Å². The molecule has 27 heteroatoms. The van der Waals surface area contributed by atoms with Crippen LogP contribution >= 0.6 is 0 Å². The SMILES string of the molecule is O=[N+]([O-])[O-].O=[N+]([O-])[O-].O=[N+]([O-])[O-].O=[N+]([O-])[O-].O=[N+]([O-])[O-].O=[N+]([O-])[O-].[Pt+4].c1cc[nH+]cc1.c1cc[nH+]cc1. The first-order valence-corrected chi connectivity index (χ1v) is 7.11. The van der Waals surface area contributed by atoms with E-state index in [9.17, 15) is 0 Å². The number of nitrogens with zero attached hydrogens (tertiary/aromatic N) is 6. The van der Waals surface area contributed by atoms with Gasteiger partial charge in [0.05, 0.1) is 30.5 Å². The molecule has 0 fully saturated rings. The third-order valence-electron chi connectivity index (χ3n) is 1.21. The second-order valence-corrected chi connectivity index (χ2v) is 3.50. The molecule has 0 aliphatic rings. The Hall–Kier alpha value is -5.81. The Morgan fingerprint density at radius 2 is 0.432 bits per heavy atom. The van der Waals surface area contributed by atoms with Crippen molar-refractivity contribution in [3.05, 3.63) is 153 Å². The molecule has 0 spiro atoms. The van der Waals surface area contributed by atoms with Gasteiger partial charge in [-0.25, -0.2) is 9.97 Å². The van der Waals surface area contributed by atoms with Gasteiger partial charge in [-0.2, -0.15) is 0 Å².